The molecule has 2 aliphatic heterocycles. The summed E-state index contributed by atoms with van der Waals surface area (Å²) in [6.45, 7) is 9.20. The molecule has 2 saturated heterocycles. The number of aliphatic hydroxyl groups excluding tert-OH is 1. The highest BCUT2D eigenvalue weighted by molar-refractivity contribution is 7.86. The number of nitrogens with zero attached hydrogens (tertiary/aromatic N) is 1. The summed E-state index contributed by atoms with van der Waals surface area (Å²) < 4.78 is 38.3. The summed E-state index contributed by atoms with van der Waals surface area (Å²) in [6.07, 6.45) is 2.34. The molecule has 2 heterocycles. The van der Waals surface area contributed by atoms with E-state index in [1.807, 2.05) is 32.6 Å². The Hall–Kier alpha value is -2.45. The number of aliphatic hydroxyl groups is 1. The van der Waals surface area contributed by atoms with Crippen LogP contribution in [0.15, 0.2) is 0 Å². The van der Waals surface area contributed by atoms with Crippen LogP contribution in [0.2, 0.25) is 0 Å². The largest absolute Gasteiger partial charge is 0.446 e. The van der Waals surface area contributed by atoms with Crippen molar-refractivity contribution in [3.8, 4) is 0 Å². The molecule has 14 heteroatoms. The zero-order valence-electron chi connectivity index (χ0n) is 23.7. The fourth-order valence-corrected chi connectivity index (χ4v) is 6.50. The van der Waals surface area contributed by atoms with Gasteiger partial charge in [-0.1, -0.05) is 27.7 Å². The Bertz CT molecular complexity index is 1050. The highest BCUT2D eigenvalue weighted by Gasteiger charge is 2.48. The lowest BCUT2D eigenvalue weighted by molar-refractivity contribution is -0.140. The Morgan fingerprint density at radius 3 is 2.25 bits per heavy atom. The van der Waals surface area contributed by atoms with E-state index in [1.165, 1.54) is 0 Å². The van der Waals surface area contributed by atoms with Crippen LogP contribution in [0.5, 0.6) is 0 Å². The van der Waals surface area contributed by atoms with Crippen LogP contribution in [-0.4, -0.2) is 90.0 Å². The van der Waals surface area contributed by atoms with Gasteiger partial charge in [0.05, 0.1) is 6.04 Å². The third kappa shape index (κ3) is 8.29. The van der Waals surface area contributed by atoms with Gasteiger partial charge in [0, 0.05) is 31.5 Å². The molecule has 0 unspecified atom stereocenters. The number of amides is 4. The Morgan fingerprint density at radius 2 is 1.75 bits per heavy atom. The summed E-state index contributed by atoms with van der Waals surface area (Å²) in [6, 6.07) is -2.57. The van der Waals surface area contributed by atoms with E-state index in [-0.39, 0.29) is 48.0 Å². The van der Waals surface area contributed by atoms with Gasteiger partial charge < -0.3 is 30.7 Å². The van der Waals surface area contributed by atoms with Crippen molar-refractivity contribution in [3.63, 3.8) is 0 Å². The molecular formula is C26H44N4O9S. The molecule has 0 aromatic heterocycles. The number of rotatable bonds is 11. The lowest BCUT2D eigenvalue weighted by Gasteiger charge is -2.51. The molecule has 0 aromatic rings. The second-order valence-corrected chi connectivity index (χ2v) is 13.8. The summed E-state index contributed by atoms with van der Waals surface area (Å²) in [5.41, 5.74) is -2.30. The van der Waals surface area contributed by atoms with Crippen LogP contribution >= 0.6 is 0 Å². The van der Waals surface area contributed by atoms with Gasteiger partial charge in [0.25, 0.3) is 10.1 Å². The van der Waals surface area contributed by atoms with Crippen molar-refractivity contribution in [1.82, 2.24) is 20.9 Å². The minimum atomic E-state index is -4.94. The van der Waals surface area contributed by atoms with Crippen LogP contribution < -0.4 is 16.0 Å². The number of ether oxygens (including phenoxy) is 1. The highest BCUT2D eigenvalue weighted by atomic mass is 32.2. The lowest BCUT2D eigenvalue weighted by atomic mass is 9.61. The van der Waals surface area contributed by atoms with Crippen LogP contribution in [0.25, 0.3) is 0 Å². The predicted octanol–water partition coefficient (Wildman–Crippen LogP) is 0.772. The summed E-state index contributed by atoms with van der Waals surface area (Å²) in [5.74, 6) is -1.67. The maximum absolute atomic E-state index is 13.2. The first-order valence-electron chi connectivity index (χ1n) is 14.1. The molecule has 1 aliphatic carbocycles. The highest BCUT2D eigenvalue weighted by Crippen LogP contribution is 2.50. The molecule has 13 nitrogen and oxygen atoms in total. The zero-order chi connectivity index (χ0) is 29.8. The Kier molecular flexibility index (Phi) is 10.4. The van der Waals surface area contributed by atoms with E-state index < -0.39 is 45.6 Å². The molecule has 3 fully saturated rings. The summed E-state index contributed by atoms with van der Waals surface area (Å²) in [7, 11) is -4.94. The van der Waals surface area contributed by atoms with Gasteiger partial charge >= 0.3 is 6.09 Å². The van der Waals surface area contributed by atoms with Crippen LogP contribution in [-0.2, 0) is 29.2 Å². The second-order valence-electron chi connectivity index (χ2n) is 12.3. The van der Waals surface area contributed by atoms with Crippen molar-refractivity contribution in [2.75, 3.05) is 19.6 Å². The van der Waals surface area contributed by atoms with Crippen molar-refractivity contribution in [3.05, 3.63) is 0 Å². The molecule has 40 heavy (non-hydrogen) atoms. The number of likely N-dealkylation sites (tertiary alicyclic amines) is 1. The van der Waals surface area contributed by atoms with Gasteiger partial charge in [-0.3, -0.25) is 18.9 Å². The topological polar surface area (TPSA) is 191 Å². The fraction of sp³-hybridized carbons (Fsp3) is 0.846. The molecule has 228 valence electrons. The van der Waals surface area contributed by atoms with E-state index in [1.54, 1.807) is 0 Å². The fourth-order valence-electron chi connectivity index (χ4n) is 5.91. The van der Waals surface area contributed by atoms with Crippen molar-refractivity contribution in [2.45, 2.75) is 96.3 Å². The Labute approximate surface area is 235 Å². The molecule has 5 N–H and O–H groups in total. The molecule has 0 bridgehead atoms. The molecule has 1 spiro atoms. The van der Waals surface area contributed by atoms with Crippen molar-refractivity contribution in [1.29, 1.82) is 0 Å². The number of carbonyl (C=O) groups excluding carboxylic acids is 4. The first-order chi connectivity index (χ1) is 18.6. The first kappa shape index (κ1) is 32.1. The van der Waals surface area contributed by atoms with Crippen molar-refractivity contribution >= 4 is 33.9 Å². The molecule has 0 aromatic carbocycles. The standard InChI is InChI=1S/C26H44N4O9S/c1-15(2)11-19(22(32)28-20(24(34)40(36,37)38)12-17-5-8-27-21(17)31)29-25(35)39-18-13-26(14-18)6-9-30(10-7-26)23(33)16(3)4/h15-20,24,34H,5-14H2,1-4H3,(H,27,31)(H,28,32)(H,29,35)(H,36,37,38)/t17-,19-,20-,24-/m0/s1. The smallest absolute Gasteiger partial charge is 0.408 e. The number of carbonyl (C=O) groups is 4. The second kappa shape index (κ2) is 13.0. The number of hydrogen-bond acceptors (Lipinski definition) is 8. The van der Waals surface area contributed by atoms with E-state index in [9.17, 15) is 37.3 Å². The number of piperidine rings is 1. The van der Waals surface area contributed by atoms with E-state index >= 15 is 0 Å². The molecule has 0 radical (unpaired) electrons. The molecule has 4 atom stereocenters. The van der Waals surface area contributed by atoms with Gasteiger partial charge in [-0.2, -0.15) is 8.42 Å². The van der Waals surface area contributed by atoms with Gasteiger partial charge in [0.1, 0.15) is 12.1 Å². The van der Waals surface area contributed by atoms with Gasteiger partial charge in [-0.15, -0.1) is 0 Å². The minimum Gasteiger partial charge on any atom is -0.446 e. The number of alkyl carbamates (subject to hydrolysis) is 1. The lowest BCUT2D eigenvalue weighted by Crippen LogP contribution is -2.56. The average molecular weight is 589 g/mol. The predicted molar refractivity (Wildman–Crippen MR) is 144 cm³/mol. The number of nitrogens with one attached hydrogen (secondary N) is 3. The quantitative estimate of drug-likeness (QED) is 0.217. The summed E-state index contributed by atoms with van der Waals surface area (Å²) in [4.78, 5) is 52.0. The van der Waals surface area contributed by atoms with E-state index in [2.05, 4.69) is 16.0 Å². The molecule has 3 aliphatic rings. The summed E-state index contributed by atoms with van der Waals surface area (Å²) >= 11 is 0. The molecule has 1 saturated carbocycles. The summed E-state index contributed by atoms with van der Waals surface area (Å²) in [5, 5.41) is 17.8. The monoisotopic (exact) mass is 588 g/mol. The van der Waals surface area contributed by atoms with E-state index in [0.717, 1.165) is 12.8 Å². The van der Waals surface area contributed by atoms with Crippen LogP contribution in [0.4, 0.5) is 4.79 Å². The third-order valence-electron chi connectivity index (χ3n) is 8.22. The van der Waals surface area contributed by atoms with E-state index in [4.69, 9.17) is 4.74 Å². The van der Waals surface area contributed by atoms with Crippen LogP contribution in [0.3, 0.4) is 0 Å². The Balaban J connectivity index is 1.56. The van der Waals surface area contributed by atoms with E-state index in [0.29, 0.717) is 38.9 Å². The van der Waals surface area contributed by atoms with Gasteiger partial charge in [-0.05, 0) is 56.3 Å². The maximum Gasteiger partial charge on any atom is 0.408 e. The minimum absolute atomic E-state index is 0.0349. The Morgan fingerprint density at radius 1 is 1.12 bits per heavy atom. The number of hydrogen-bond donors (Lipinski definition) is 5. The maximum atomic E-state index is 13.2. The van der Waals surface area contributed by atoms with Gasteiger partial charge in [0.15, 0.2) is 0 Å². The molecule has 3 rings (SSSR count). The average Bonchev–Trinajstić information content (AvgIpc) is 3.24. The van der Waals surface area contributed by atoms with Gasteiger partial charge in [-0.25, -0.2) is 4.79 Å². The zero-order valence-corrected chi connectivity index (χ0v) is 24.5. The molecule has 4 amide bonds. The van der Waals surface area contributed by atoms with Crippen LogP contribution in [0, 0.1) is 23.2 Å². The van der Waals surface area contributed by atoms with Crippen molar-refractivity contribution < 1.29 is 42.0 Å². The third-order valence-corrected chi connectivity index (χ3v) is 9.16. The normalized spacial score (nSPS) is 23.4. The van der Waals surface area contributed by atoms with Crippen LogP contribution in [0.1, 0.15) is 72.6 Å². The van der Waals surface area contributed by atoms with Gasteiger partial charge in [0.2, 0.25) is 23.2 Å². The first-order valence-corrected chi connectivity index (χ1v) is 15.6. The molecular weight excluding hydrogens is 544 g/mol. The van der Waals surface area contributed by atoms with Crippen molar-refractivity contribution in [2.24, 2.45) is 23.2 Å². The SMILES string of the molecule is CC(C)C[C@H](NC(=O)OC1CC2(CCN(C(=O)C(C)C)CC2)C1)C(=O)N[C@@H](C[C@@H]1CCNC1=O)[C@@H](O)S(=O)(=O)O.